The molecular formula is C18H19FN6. The average Bonchev–Trinajstić information content (AvgIpc) is 3.06. The van der Waals surface area contributed by atoms with Gasteiger partial charge in [-0.2, -0.15) is 5.10 Å². The summed E-state index contributed by atoms with van der Waals surface area (Å²) >= 11 is 0. The first-order valence-corrected chi connectivity index (χ1v) is 8.28. The van der Waals surface area contributed by atoms with Crippen molar-refractivity contribution in [1.29, 1.82) is 0 Å². The van der Waals surface area contributed by atoms with E-state index in [2.05, 4.69) is 26.7 Å². The van der Waals surface area contributed by atoms with Crippen molar-refractivity contribution >= 4 is 22.7 Å². The van der Waals surface area contributed by atoms with Gasteiger partial charge in [0.1, 0.15) is 17.3 Å². The zero-order chi connectivity index (χ0) is 17.4. The number of nitrogens with zero attached hydrogens (tertiary/aromatic N) is 4. The molecule has 1 fully saturated rings. The summed E-state index contributed by atoms with van der Waals surface area (Å²) in [5.41, 5.74) is 8.32. The topological polar surface area (TPSA) is 83.7 Å². The first-order valence-electron chi connectivity index (χ1n) is 8.28. The Hall–Kier alpha value is -2.80. The van der Waals surface area contributed by atoms with Crippen LogP contribution in [0.15, 0.2) is 37.0 Å². The molecule has 3 aromatic heterocycles. The van der Waals surface area contributed by atoms with Crippen LogP contribution in [0.3, 0.4) is 0 Å². The van der Waals surface area contributed by atoms with Crippen LogP contribution < -0.4 is 10.6 Å². The van der Waals surface area contributed by atoms with Crippen molar-refractivity contribution in [1.82, 2.24) is 20.2 Å². The van der Waals surface area contributed by atoms with Crippen LogP contribution in [0.4, 0.5) is 10.2 Å². The molecule has 4 rings (SSSR count). The standard InChI is InChI=1S/C18H19FN6/c1-11(19)12-9-15(17-14-3-2-6-21-18(14)24-23-17)22-16(10-12)25-7-4-13(20)5-8-25/h2-3,6,9-10,13H,1,4-5,7-8,20H2,(H,21,23,24). The average molecular weight is 338 g/mol. The number of nitrogens with two attached hydrogens (primary N) is 1. The smallest absolute Gasteiger partial charge is 0.155 e. The van der Waals surface area contributed by atoms with Gasteiger partial charge in [-0.25, -0.2) is 14.4 Å². The highest BCUT2D eigenvalue weighted by Crippen LogP contribution is 2.30. The quantitative estimate of drug-likeness (QED) is 0.767. The molecule has 0 aliphatic carbocycles. The van der Waals surface area contributed by atoms with Gasteiger partial charge in [0.2, 0.25) is 0 Å². The molecule has 0 atom stereocenters. The number of halogens is 1. The number of hydrogen-bond acceptors (Lipinski definition) is 5. The molecular weight excluding hydrogens is 319 g/mol. The van der Waals surface area contributed by atoms with E-state index in [1.54, 1.807) is 18.3 Å². The van der Waals surface area contributed by atoms with Crippen molar-refractivity contribution in [2.75, 3.05) is 18.0 Å². The van der Waals surface area contributed by atoms with Crippen LogP contribution in [0.2, 0.25) is 0 Å². The van der Waals surface area contributed by atoms with Crippen molar-refractivity contribution in [2.24, 2.45) is 5.73 Å². The molecule has 4 heterocycles. The van der Waals surface area contributed by atoms with Crippen molar-refractivity contribution < 1.29 is 4.39 Å². The van der Waals surface area contributed by atoms with Crippen LogP contribution in [0, 0.1) is 0 Å². The Morgan fingerprint density at radius 3 is 2.88 bits per heavy atom. The number of hydrogen-bond donors (Lipinski definition) is 2. The third-order valence-corrected chi connectivity index (χ3v) is 4.57. The van der Waals surface area contributed by atoms with Crippen LogP contribution in [-0.4, -0.2) is 39.3 Å². The van der Waals surface area contributed by atoms with Crippen LogP contribution in [-0.2, 0) is 0 Å². The van der Waals surface area contributed by atoms with Crippen LogP contribution in [0.5, 0.6) is 0 Å². The molecule has 1 aliphatic heterocycles. The molecule has 6 nitrogen and oxygen atoms in total. The fourth-order valence-electron chi connectivity index (χ4n) is 3.13. The molecule has 128 valence electrons. The second-order valence-corrected chi connectivity index (χ2v) is 6.30. The van der Waals surface area contributed by atoms with Gasteiger partial charge >= 0.3 is 0 Å². The number of pyridine rings is 2. The lowest BCUT2D eigenvalue weighted by Gasteiger charge is -2.31. The summed E-state index contributed by atoms with van der Waals surface area (Å²) in [5, 5.41) is 8.07. The van der Waals surface area contributed by atoms with E-state index in [0.717, 1.165) is 37.1 Å². The first kappa shape index (κ1) is 15.7. The van der Waals surface area contributed by atoms with E-state index in [-0.39, 0.29) is 6.04 Å². The minimum Gasteiger partial charge on any atom is -0.356 e. The first-order chi connectivity index (χ1) is 12.1. The van der Waals surface area contributed by atoms with Crippen molar-refractivity contribution in [3.8, 4) is 11.4 Å². The molecule has 0 amide bonds. The minimum atomic E-state index is -0.489. The predicted molar refractivity (Wildman–Crippen MR) is 96.7 cm³/mol. The maximum absolute atomic E-state index is 13.9. The molecule has 7 heteroatoms. The van der Waals surface area contributed by atoms with E-state index in [0.29, 0.717) is 22.6 Å². The Kier molecular flexibility index (Phi) is 3.93. The Bertz CT molecular complexity index is 926. The Labute approximate surface area is 144 Å². The zero-order valence-corrected chi connectivity index (χ0v) is 13.7. The number of aromatic nitrogens is 4. The number of nitrogens with one attached hydrogen (secondary N) is 1. The van der Waals surface area contributed by atoms with E-state index >= 15 is 0 Å². The molecule has 1 saturated heterocycles. The SMILES string of the molecule is C=C(F)c1cc(-c2n[nH]c3ncccc23)nc(N2CCC(N)CC2)c1. The van der Waals surface area contributed by atoms with E-state index in [4.69, 9.17) is 10.7 Å². The molecule has 0 saturated carbocycles. The lowest BCUT2D eigenvalue weighted by molar-refractivity contribution is 0.498. The van der Waals surface area contributed by atoms with Crippen molar-refractivity contribution in [3.63, 3.8) is 0 Å². The zero-order valence-electron chi connectivity index (χ0n) is 13.7. The van der Waals surface area contributed by atoms with Gasteiger partial charge in [-0.3, -0.25) is 5.10 Å². The highest BCUT2D eigenvalue weighted by Gasteiger charge is 2.20. The van der Waals surface area contributed by atoms with Gasteiger partial charge in [0.05, 0.1) is 5.69 Å². The predicted octanol–water partition coefficient (Wildman–Crippen LogP) is 2.89. The molecule has 25 heavy (non-hydrogen) atoms. The highest BCUT2D eigenvalue weighted by molar-refractivity contribution is 5.90. The van der Waals surface area contributed by atoms with E-state index < -0.39 is 5.83 Å². The Morgan fingerprint density at radius 1 is 1.32 bits per heavy atom. The number of piperidine rings is 1. The summed E-state index contributed by atoms with van der Waals surface area (Å²) in [4.78, 5) is 11.1. The van der Waals surface area contributed by atoms with Crippen LogP contribution >= 0.6 is 0 Å². The molecule has 0 radical (unpaired) electrons. The van der Waals surface area contributed by atoms with Gasteiger partial charge in [-0.1, -0.05) is 6.58 Å². The van der Waals surface area contributed by atoms with E-state index in [1.165, 1.54) is 0 Å². The normalized spacial score (nSPS) is 15.7. The van der Waals surface area contributed by atoms with Crippen molar-refractivity contribution in [3.05, 3.63) is 42.6 Å². The summed E-state index contributed by atoms with van der Waals surface area (Å²) in [5.74, 6) is 0.231. The number of H-pyrrole nitrogens is 1. The summed E-state index contributed by atoms with van der Waals surface area (Å²) in [6.45, 7) is 5.04. The molecule has 0 unspecified atom stereocenters. The summed E-state index contributed by atoms with van der Waals surface area (Å²) in [6.07, 6.45) is 3.49. The third kappa shape index (κ3) is 2.98. The number of fused-ring (bicyclic) bond motifs is 1. The monoisotopic (exact) mass is 338 g/mol. The second-order valence-electron chi connectivity index (χ2n) is 6.30. The fraction of sp³-hybridized carbons (Fsp3) is 0.278. The summed E-state index contributed by atoms with van der Waals surface area (Å²) < 4.78 is 13.9. The summed E-state index contributed by atoms with van der Waals surface area (Å²) in [7, 11) is 0. The molecule has 3 N–H and O–H groups in total. The van der Waals surface area contributed by atoms with Gasteiger partial charge < -0.3 is 10.6 Å². The maximum Gasteiger partial charge on any atom is 0.155 e. The second kappa shape index (κ2) is 6.25. The largest absolute Gasteiger partial charge is 0.356 e. The number of anilines is 1. The maximum atomic E-state index is 13.9. The molecule has 0 spiro atoms. The lowest BCUT2D eigenvalue weighted by atomic mass is 10.1. The minimum absolute atomic E-state index is 0.219. The van der Waals surface area contributed by atoms with E-state index in [1.807, 2.05) is 12.1 Å². The number of aromatic amines is 1. The van der Waals surface area contributed by atoms with Gasteiger partial charge in [0.15, 0.2) is 5.65 Å². The molecule has 0 bridgehead atoms. The van der Waals surface area contributed by atoms with Gasteiger partial charge in [0, 0.05) is 36.3 Å². The molecule has 0 aromatic carbocycles. The van der Waals surface area contributed by atoms with Crippen LogP contribution in [0.25, 0.3) is 28.2 Å². The van der Waals surface area contributed by atoms with Crippen molar-refractivity contribution in [2.45, 2.75) is 18.9 Å². The number of rotatable bonds is 3. The molecule has 3 aromatic rings. The third-order valence-electron chi connectivity index (χ3n) is 4.57. The Morgan fingerprint density at radius 2 is 2.12 bits per heavy atom. The van der Waals surface area contributed by atoms with E-state index in [9.17, 15) is 4.39 Å². The van der Waals surface area contributed by atoms with Gasteiger partial charge in [0.25, 0.3) is 0 Å². The van der Waals surface area contributed by atoms with Crippen LogP contribution in [0.1, 0.15) is 18.4 Å². The molecule has 1 aliphatic rings. The fourth-order valence-corrected chi connectivity index (χ4v) is 3.13. The summed E-state index contributed by atoms with van der Waals surface area (Å²) in [6, 6.07) is 7.38. The highest BCUT2D eigenvalue weighted by atomic mass is 19.1. The lowest BCUT2D eigenvalue weighted by Crippen LogP contribution is -2.40. The van der Waals surface area contributed by atoms with Gasteiger partial charge in [-0.15, -0.1) is 0 Å². The van der Waals surface area contributed by atoms with Gasteiger partial charge in [-0.05, 0) is 37.1 Å². The Balaban J connectivity index is 1.81.